The van der Waals surface area contributed by atoms with Crippen LogP contribution in [0.2, 0.25) is 0 Å². The fourth-order valence-electron chi connectivity index (χ4n) is 3.07. The van der Waals surface area contributed by atoms with Crippen molar-refractivity contribution in [3.05, 3.63) is 28.5 Å². The smallest absolute Gasteiger partial charge is 0.0420 e. The van der Waals surface area contributed by atoms with E-state index in [1.54, 1.807) is 0 Å². The Bertz CT molecular complexity index is 410. The number of likely N-dealkylation sites (tertiary alicyclic amines) is 1. The van der Waals surface area contributed by atoms with Gasteiger partial charge >= 0.3 is 0 Å². The minimum atomic E-state index is 0.168. The van der Waals surface area contributed by atoms with Crippen molar-refractivity contribution in [3.8, 4) is 0 Å². The Morgan fingerprint density at radius 1 is 1.35 bits per heavy atom. The number of hydrogen-bond acceptors (Lipinski definition) is 3. The van der Waals surface area contributed by atoms with Gasteiger partial charge in [-0.25, -0.2) is 0 Å². The molecule has 1 fully saturated rings. The van der Waals surface area contributed by atoms with E-state index in [9.17, 15) is 0 Å². The van der Waals surface area contributed by atoms with Crippen molar-refractivity contribution >= 4 is 15.9 Å². The van der Waals surface area contributed by atoms with Gasteiger partial charge in [0.15, 0.2) is 0 Å². The second-order valence-electron chi connectivity index (χ2n) is 6.13. The molecule has 1 aliphatic heterocycles. The normalized spacial score (nSPS) is 18.4. The van der Waals surface area contributed by atoms with Gasteiger partial charge in [-0.2, -0.15) is 0 Å². The van der Waals surface area contributed by atoms with Crippen LogP contribution in [0.5, 0.6) is 0 Å². The van der Waals surface area contributed by atoms with Gasteiger partial charge in [0.05, 0.1) is 0 Å². The van der Waals surface area contributed by atoms with E-state index >= 15 is 0 Å². The summed E-state index contributed by atoms with van der Waals surface area (Å²) in [5.74, 6) is 0. The van der Waals surface area contributed by atoms with Crippen LogP contribution in [0.25, 0.3) is 0 Å². The number of likely N-dealkylation sites (N-methyl/N-ethyl adjacent to an activating group) is 1. The zero-order valence-corrected chi connectivity index (χ0v) is 14.4. The summed E-state index contributed by atoms with van der Waals surface area (Å²) in [7, 11) is 0. The van der Waals surface area contributed by atoms with Crippen LogP contribution >= 0.6 is 15.9 Å². The molecule has 0 bridgehead atoms. The molecule has 20 heavy (non-hydrogen) atoms. The second-order valence-corrected chi connectivity index (χ2v) is 7.05. The first-order valence-corrected chi connectivity index (χ1v) is 8.42. The maximum Gasteiger partial charge on any atom is 0.0420 e. The fraction of sp³-hybridized carbons (Fsp3) is 0.688. The molecule has 1 aliphatic rings. The third kappa shape index (κ3) is 3.80. The average Bonchev–Trinajstić information content (AvgIpc) is 2.95. The van der Waals surface area contributed by atoms with Crippen LogP contribution < -0.4 is 5.32 Å². The molecule has 4 heteroatoms. The van der Waals surface area contributed by atoms with Crippen molar-refractivity contribution in [3.63, 3.8) is 0 Å². The summed E-state index contributed by atoms with van der Waals surface area (Å²) in [6.07, 6.45) is 5.53. The standard InChI is InChI=1S/C16H26BrN3/c1-4-18-15(11-14-8-7-13(17)12-19-14)16(2,3)20-9-5-6-10-20/h7-8,12,15,18H,4-6,9-11H2,1-3H3. The number of nitrogens with one attached hydrogen (secondary N) is 1. The average molecular weight is 340 g/mol. The Balaban J connectivity index is 2.10. The van der Waals surface area contributed by atoms with Gasteiger partial charge < -0.3 is 5.32 Å². The van der Waals surface area contributed by atoms with E-state index in [4.69, 9.17) is 0 Å². The lowest BCUT2D eigenvalue weighted by Crippen LogP contribution is -2.57. The van der Waals surface area contributed by atoms with Gasteiger partial charge in [0.25, 0.3) is 0 Å². The van der Waals surface area contributed by atoms with Crippen LogP contribution in [-0.2, 0) is 6.42 Å². The summed E-state index contributed by atoms with van der Waals surface area (Å²) in [4.78, 5) is 7.16. The van der Waals surface area contributed by atoms with Crippen molar-refractivity contribution in [1.29, 1.82) is 0 Å². The number of pyridine rings is 1. The highest BCUT2D eigenvalue weighted by molar-refractivity contribution is 9.10. The van der Waals surface area contributed by atoms with Crippen LogP contribution in [0, 0.1) is 0 Å². The molecule has 2 heterocycles. The quantitative estimate of drug-likeness (QED) is 0.862. The van der Waals surface area contributed by atoms with Crippen LogP contribution in [0.15, 0.2) is 22.8 Å². The molecule has 1 aromatic heterocycles. The van der Waals surface area contributed by atoms with Crippen molar-refractivity contribution in [2.24, 2.45) is 0 Å². The Labute approximate surface area is 131 Å². The molecule has 0 aromatic carbocycles. The molecule has 0 amide bonds. The van der Waals surface area contributed by atoms with Crippen molar-refractivity contribution in [1.82, 2.24) is 15.2 Å². The van der Waals surface area contributed by atoms with Crippen LogP contribution in [0.3, 0.4) is 0 Å². The Morgan fingerprint density at radius 3 is 2.60 bits per heavy atom. The SMILES string of the molecule is CCNC(Cc1ccc(Br)cn1)C(C)(C)N1CCCC1. The van der Waals surface area contributed by atoms with Gasteiger partial charge in [0, 0.05) is 34.4 Å². The minimum absolute atomic E-state index is 0.168. The van der Waals surface area contributed by atoms with E-state index in [0.717, 1.165) is 23.1 Å². The molecule has 1 atom stereocenters. The van der Waals surface area contributed by atoms with Gasteiger partial charge in [-0.05, 0) is 74.4 Å². The van der Waals surface area contributed by atoms with E-state index in [-0.39, 0.29) is 5.54 Å². The Kier molecular flexibility index (Phi) is 5.58. The van der Waals surface area contributed by atoms with Gasteiger partial charge in [-0.15, -0.1) is 0 Å². The number of rotatable bonds is 6. The van der Waals surface area contributed by atoms with Crippen molar-refractivity contribution in [2.75, 3.05) is 19.6 Å². The maximum atomic E-state index is 4.54. The van der Waals surface area contributed by atoms with Gasteiger partial charge in [-0.1, -0.05) is 6.92 Å². The third-order valence-electron chi connectivity index (χ3n) is 4.43. The van der Waals surface area contributed by atoms with Gasteiger partial charge in [-0.3, -0.25) is 9.88 Å². The van der Waals surface area contributed by atoms with E-state index in [2.05, 4.69) is 64.0 Å². The molecule has 1 N–H and O–H groups in total. The van der Waals surface area contributed by atoms with E-state index in [1.807, 2.05) is 6.20 Å². The molecule has 112 valence electrons. The molecule has 2 rings (SSSR count). The summed E-state index contributed by atoms with van der Waals surface area (Å²) in [6, 6.07) is 4.63. The molecule has 1 unspecified atom stereocenters. The molecule has 1 aromatic rings. The summed E-state index contributed by atoms with van der Waals surface area (Å²) in [5, 5.41) is 3.67. The highest BCUT2D eigenvalue weighted by atomic mass is 79.9. The second kappa shape index (κ2) is 7.01. The lowest BCUT2D eigenvalue weighted by Gasteiger charge is -2.42. The van der Waals surface area contributed by atoms with Gasteiger partial charge in [0.1, 0.15) is 0 Å². The highest BCUT2D eigenvalue weighted by Gasteiger charge is 2.36. The van der Waals surface area contributed by atoms with Crippen LogP contribution in [-0.4, -0.2) is 41.1 Å². The molecule has 0 radical (unpaired) electrons. The third-order valence-corrected chi connectivity index (χ3v) is 4.90. The van der Waals surface area contributed by atoms with E-state index in [0.29, 0.717) is 6.04 Å². The minimum Gasteiger partial charge on any atom is -0.312 e. The zero-order valence-electron chi connectivity index (χ0n) is 12.8. The molecular formula is C16H26BrN3. The van der Waals surface area contributed by atoms with E-state index in [1.165, 1.54) is 25.9 Å². The molecule has 0 saturated carbocycles. The fourth-order valence-corrected chi connectivity index (χ4v) is 3.30. The summed E-state index contributed by atoms with van der Waals surface area (Å²) in [5.41, 5.74) is 1.33. The predicted molar refractivity (Wildman–Crippen MR) is 88.0 cm³/mol. The number of hydrogen-bond donors (Lipinski definition) is 1. The highest BCUT2D eigenvalue weighted by Crippen LogP contribution is 2.26. The van der Waals surface area contributed by atoms with E-state index < -0.39 is 0 Å². The van der Waals surface area contributed by atoms with Crippen LogP contribution in [0.1, 0.15) is 39.3 Å². The monoisotopic (exact) mass is 339 g/mol. The molecule has 3 nitrogen and oxygen atoms in total. The molecule has 0 spiro atoms. The lowest BCUT2D eigenvalue weighted by molar-refractivity contribution is 0.107. The number of aromatic nitrogens is 1. The van der Waals surface area contributed by atoms with Crippen molar-refractivity contribution < 1.29 is 0 Å². The van der Waals surface area contributed by atoms with Gasteiger partial charge in [0.2, 0.25) is 0 Å². The maximum absolute atomic E-state index is 4.54. The Morgan fingerprint density at radius 2 is 2.05 bits per heavy atom. The molecule has 1 saturated heterocycles. The predicted octanol–water partition coefficient (Wildman–Crippen LogP) is 3.24. The van der Waals surface area contributed by atoms with Crippen molar-refractivity contribution in [2.45, 2.75) is 51.6 Å². The Hall–Kier alpha value is -0.450. The van der Waals surface area contributed by atoms with Crippen LogP contribution in [0.4, 0.5) is 0 Å². The first-order chi connectivity index (χ1) is 9.54. The number of halogens is 1. The zero-order chi connectivity index (χ0) is 14.6. The summed E-state index contributed by atoms with van der Waals surface area (Å²) < 4.78 is 1.04. The lowest BCUT2D eigenvalue weighted by atomic mass is 9.89. The molecule has 0 aliphatic carbocycles. The summed E-state index contributed by atoms with van der Waals surface area (Å²) >= 11 is 3.45. The number of nitrogens with zero attached hydrogens (tertiary/aromatic N) is 2. The first kappa shape index (κ1) is 15.9. The topological polar surface area (TPSA) is 28.2 Å². The summed E-state index contributed by atoms with van der Waals surface area (Å²) in [6.45, 7) is 10.4. The largest absolute Gasteiger partial charge is 0.312 e. The molecular weight excluding hydrogens is 314 g/mol. The first-order valence-electron chi connectivity index (χ1n) is 7.63.